The molecule has 1 aromatic heterocycles. The molecule has 1 saturated heterocycles. The summed E-state index contributed by atoms with van der Waals surface area (Å²) in [5.41, 5.74) is 1.64. The lowest BCUT2D eigenvalue weighted by molar-refractivity contribution is 0.0272. The zero-order valence-corrected chi connectivity index (χ0v) is 10.4. The Bertz CT molecular complexity index is 557. The number of nitrogens with zero attached hydrogens (tertiary/aromatic N) is 2. The first kappa shape index (κ1) is 11.9. The number of benzene rings is 1. The number of rotatable bonds is 2. The highest BCUT2D eigenvalue weighted by Crippen LogP contribution is 2.27. The number of ether oxygens (including phenoxy) is 1. The fourth-order valence-electron chi connectivity index (χ4n) is 2.23. The van der Waals surface area contributed by atoms with Gasteiger partial charge in [0.15, 0.2) is 6.23 Å². The Morgan fingerprint density at radius 3 is 2.63 bits per heavy atom. The van der Waals surface area contributed by atoms with Gasteiger partial charge in [-0.15, -0.1) is 0 Å². The summed E-state index contributed by atoms with van der Waals surface area (Å²) >= 11 is 0. The van der Waals surface area contributed by atoms with Crippen molar-refractivity contribution in [2.75, 3.05) is 13.2 Å². The van der Waals surface area contributed by atoms with Crippen molar-refractivity contribution in [3.63, 3.8) is 0 Å². The summed E-state index contributed by atoms with van der Waals surface area (Å²) in [6.45, 7) is 1.18. The average molecular weight is 254 g/mol. The van der Waals surface area contributed by atoms with E-state index in [1.807, 2.05) is 30.3 Å². The zero-order valence-electron chi connectivity index (χ0n) is 10.4. The quantitative estimate of drug-likeness (QED) is 0.825. The third-order valence-electron chi connectivity index (χ3n) is 3.16. The Morgan fingerprint density at radius 2 is 1.89 bits per heavy atom. The van der Waals surface area contributed by atoms with Crippen molar-refractivity contribution in [2.24, 2.45) is 0 Å². The van der Waals surface area contributed by atoms with Crippen LogP contribution in [0.3, 0.4) is 0 Å². The summed E-state index contributed by atoms with van der Waals surface area (Å²) < 4.78 is 5.68. The number of hydrogen-bond donors (Lipinski definition) is 0. The van der Waals surface area contributed by atoms with Crippen LogP contribution in [0, 0.1) is 0 Å². The van der Waals surface area contributed by atoms with Crippen molar-refractivity contribution < 1.29 is 9.53 Å². The van der Waals surface area contributed by atoms with E-state index in [4.69, 9.17) is 4.74 Å². The van der Waals surface area contributed by atoms with Gasteiger partial charge < -0.3 is 9.64 Å². The smallest absolute Gasteiger partial charge is 0.256 e. The normalized spacial score (nSPS) is 18.5. The highest BCUT2D eigenvalue weighted by Gasteiger charge is 2.31. The predicted octanol–water partition coefficient (Wildman–Crippen LogP) is 2.25. The van der Waals surface area contributed by atoms with E-state index in [9.17, 15) is 4.79 Å². The van der Waals surface area contributed by atoms with Crippen molar-refractivity contribution >= 4 is 5.91 Å². The van der Waals surface area contributed by atoms with E-state index in [1.54, 1.807) is 29.4 Å². The minimum absolute atomic E-state index is 0.0197. The van der Waals surface area contributed by atoms with Crippen molar-refractivity contribution in [1.29, 1.82) is 0 Å². The molecule has 4 heteroatoms. The van der Waals surface area contributed by atoms with Crippen LogP contribution in [0.1, 0.15) is 22.1 Å². The lowest BCUT2D eigenvalue weighted by Gasteiger charge is -2.23. The molecule has 1 aliphatic heterocycles. The van der Waals surface area contributed by atoms with Gasteiger partial charge in [-0.1, -0.05) is 30.3 Å². The first-order valence-electron chi connectivity index (χ1n) is 6.24. The summed E-state index contributed by atoms with van der Waals surface area (Å²) in [7, 11) is 0. The van der Waals surface area contributed by atoms with Crippen LogP contribution in [0.25, 0.3) is 0 Å². The Kier molecular flexibility index (Phi) is 3.25. The SMILES string of the molecule is O=C(c1ccncc1)N1CCOC1c1ccccc1. The molecule has 1 amide bonds. The third-order valence-corrected chi connectivity index (χ3v) is 3.16. The molecule has 0 N–H and O–H groups in total. The Hall–Kier alpha value is -2.20. The fraction of sp³-hybridized carbons (Fsp3) is 0.200. The van der Waals surface area contributed by atoms with Crippen LogP contribution in [0.2, 0.25) is 0 Å². The van der Waals surface area contributed by atoms with Crippen LogP contribution in [-0.2, 0) is 4.74 Å². The molecule has 0 aliphatic carbocycles. The molecule has 19 heavy (non-hydrogen) atoms. The van der Waals surface area contributed by atoms with Gasteiger partial charge in [0.05, 0.1) is 6.61 Å². The number of carbonyl (C=O) groups excluding carboxylic acids is 1. The van der Waals surface area contributed by atoms with E-state index >= 15 is 0 Å². The summed E-state index contributed by atoms with van der Waals surface area (Å²) in [5, 5.41) is 0. The second kappa shape index (κ2) is 5.20. The van der Waals surface area contributed by atoms with Crippen molar-refractivity contribution in [2.45, 2.75) is 6.23 Å². The van der Waals surface area contributed by atoms with E-state index in [-0.39, 0.29) is 12.1 Å². The van der Waals surface area contributed by atoms with Gasteiger partial charge in [0, 0.05) is 30.1 Å². The summed E-state index contributed by atoms with van der Waals surface area (Å²) in [6.07, 6.45) is 2.96. The predicted molar refractivity (Wildman–Crippen MR) is 70.4 cm³/mol. The monoisotopic (exact) mass is 254 g/mol. The molecule has 96 valence electrons. The first-order valence-corrected chi connectivity index (χ1v) is 6.24. The Labute approximate surface area is 111 Å². The number of aromatic nitrogens is 1. The molecule has 2 heterocycles. The Morgan fingerprint density at radius 1 is 1.16 bits per heavy atom. The molecule has 2 aromatic rings. The highest BCUT2D eigenvalue weighted by atomic mass is 16.5. The number of amides is 1. The van der Waals surface area contributed by atoms with Crippen LogP contribution in [0.4, 0.5) is 0 Å². The first-order chi connectivity index (χ1) is 9.36. The average Bonchev–Trinajstić information content (AvgIpc) is 2.98. The molecule has 1 aromatic carbocycles. The summed E-state index contributed by atoms with van der Waals surface area (Å²) in [6, 6.07) is 13.3. The van der Waals surface area contributed by atoms with Crippen LogP contribution in [0.5, 0.6) is 0 Å². The lowest BCUT2D eigenvalue weighted by Crippen LogP contribution is -2.31. The zero-order chi connectivity index (χ0) is 13.1. The van der Waals surface area contributed by atoms with Gasteiger partial charge in [-0.3, -0.25) is 9.78 Å². The molecular weight excluding hydrogens is 240 g/mol. The van der Waals surface area contributed by atoms with Gasteiger partial charge >= 0.3 is 0 Å². The maximum Gasteiger partial charge on any atom is 0.256 e. The summed E-state index contributed by atoms with van der Waals surface area (Å²) in [5.74, 6) is -0.0197. The highest BCUT2D eigenvalue weighted by molar-refractivity contribution is 5.94. The molecule has 0 radical (unpaired) electrons. The van der Waals surface area contributed by atoms with Gasteiger partial charge in [-0.2, -0.15) is 0 Å². The second-order valence-electron chi connectivity index (χ2n) is 4.37. The van der Waals surface area contributed by atoms with Gasteiger partial charge in [0.25, 0.3) is 5.91 Å². The minimum atomic E-state index is -0.290. The maximum absolute atomic E-state index is 12.4. The largest absolute Gasteiger partial charge is 0.352 e. The molecular formula is C15H14N2O2. The molecule has 1 atom stereocenters. The maximum atomic E-state index is 12.4. The summed E-state index contributed by atoms with van der Waals surface area (Å²) in [4.78, 5) is 18.1. The molecule has 4 nitrogen and oxygen atoms in total. The topological polar surface area (TPSA) is 42.4 Å². The van der Waals surface area contributed by atoms with E-state index in [1.165, 1.54) is 0 Å². The van der Waals surface area contributed by atoms with Gasteiger partial charge in [-0.25, -0.2) is 0 Å². The van der Waals surface area contributed by atoms with Gasteiger partial charge in [0.1, 0.15) is 0 Å². The third kappa shape index (κ3) is 2.35. The molecule has 3 rings (SSSR count). The molecule has 0 bridgehead atoms. The van der Waals surface area contributed by atoms with Gasteiger partial charge in [-0.05, 0) is 12.1 Å². The second-order valence-corrected chi connectivity index (χ2v) is 4.37. The standard InChI is InChI=1S/C15H14N2O2/c18-14(12-6-8-16-9-7-12)17-10-11-19-15(17)13-4-2-1-3-5-13/h1-9,15H,10-11H2. The van der Waals surface area contributed by atoms with E-state index < -0.39 is 0 Å². The van der Waals surface area contributed by atoms with Crippen molar-refractivity contribution in [3.8, 4) is 0 Å². The van der Waals surface area contributed by atoms with Crippen LogP contribution in [0.15, 0.2) is 54.9 Å². The number of hydrogen-bond acceptors (Lipinski definition) is 3. The Balaban J connectivity index is 1.86. The molecule has 1 aliphatic rings. The van der Waals surface area contributed by atoms with E-state index in [0.29, 0.717) is 18.7 Å². The van der Waals surface area contributed by atoms with E-state index in [2.05, 4.69) is 4.98 Å². The molecule has 0 saturated carbocycles. The van der Waals surface area contributed by atoms with Crippen LogP contribution in [-0.4, -0.2) is 28.9 Å². The van der Waals surface area contributed by atoms with E-state index in [0.717, 1.165) is 5.56 Å². The van der Waals surface area contributed by atoms with Crippen LogP contribution < -0.4 is 0 Å². The molecule has 0 spiro atoms. The molecule has 1 fully saturated rings. The molecule has 1 unspecified atom stereocenters. The van der Waals surface area contributed by atoms with Crippen LogP contribution >= 0.6 is 0 Å². The van der Waals surface area contributed by atoms with Gasteiger partial charge in [0.2, 0.25) is 0 Å². The van der Waals surface area contributed by atoms with Crippen molar-refractivity contribution in [1.82, 2.24) is 9.88 Å². The van der Waals surface area contributed by atoms with Crippen molar-refractivity contribution in [3.05, 3.63) is 66.0 Å². The number of pyridine rings is 1. The number of carbonyl (C=O) groups is 1. The minimum Gasteiger partial charge on any atom is -0.352 e. The lowest BCUT2D eigenvalue weighted by atomic mass is 10.1. The fourth-order valence-corrected chi connectivity index (χ4v) is 2.23.